The van der Waals surface area contributed by atoms with Gasteiger partial charge < -0.3 is 10.1 Å². The van der Waals surface area contributed by atoms with Crippen LogP contribution in [-0.2, 0) is 0 Å². The molecular formula is C13H18N2O. The Morgan fingerprint density at radius 2 is 2.44 bits per heavy atom. The lowest BCUT2D eigenvalue weighted by Crippen LogP contribution is -2.15. The second-order valence-electron chi connectivity index (χ2n) is 4.11. The van der Waals surface area contributed by atoms with Crippen LogP contribution in [0.15, 0.2) is 30.5 Å². The SMILES string of the molecule is COc1ccnc(NCC2CC=CCC2)c1. The van der Waals surface area contributed by atoms with Crippen LogP contribution in [0.1, 0.15) is 19.3 Å². The highest BCUT2D eigenvalue weighted by Gasteiger charge is 2.09. The molecule has 0 amide bonds. The van der Waals surface area contributed by atoms with Gasteiger partial charge >= 0.3 is 0 Å². The molecule has 2 rings (SSSR count). The van der Waals surface area contributed by atoms with E-state index in [2.05, 4.69) is 22.5 Å². The number of pyridine rings is 1. The van der Waals surface area contributed by atoms with E-state index in [0.717, 1.165) is 24.0 Å². The largest absolute Gasteiger partial charge is 0.497 e. The second kappa shape index (κ2) is 5.54. The number of hydrogen-bond donors (Lipinski definition) is 1. The first-order chi connectivity index (χ1) is 7.88. The minimum absolute atomic E-state index is 0.734. The van der Waals surface area contributed by atoms with E-state index in [1.165, 1.54) is 19.3 Å². The minimum atomic E-state index is 0.734. The maximum Gasteiger partial charge on any atom is 0.129 e. The van der Waals surface area contributed by atoms with Crippen molar-refractivity contribution in [2.75, 3.05) is 19.0 Å². The Kier molecular flexibility index (Phi) is 3.81. The highest BCUT2D eigenvalue weighted by atomic mass is 16.5. The fraction of sp³-hybridized carbons (Fsp3) is 0.462. The molecule has 3 heteroatoms. The van der Waals surface area contributed by atoms with E-state index in [-0.39, 0.29) is 0 Å². The van der Waals surface area contributed by atoms with Crippen LogP contribution in [0.4, 0.5) is 5.82 Å². The van der Waals surface area contributed by atoms with Gasteiger partial charge in [0.15, 0.2) is 0 Å². The van der Waals surface area contributed by atoms with Crippen LogP contribution in [0.2, 0.25) is 0 Å². The molecule has 1 aromatic rings. The lowest BCUT2D eigenvalue weighted by Gasteiger charge is -2.18. The van der Waals surface area contributed by atoms with Gasteiger partial charge in [0.2, 0.25) is 0 Å². The van der Waals surface area contributed by atoms with Crippen LogP contribution in [0.25, 0.3) is 0 Å². The van der Waals surface area contributed by atoms with E-state index < -0.39 is 0 Å². The first-order valence-corrected chi connectivity index (χ1v) is 5.77. The standard InChI is InChI=1S/C13H18N2O/c1-16-12-7-8-14-13(9-12)15-10-11-5-3-2-4-6-11/h2-3,7-9,11H,4-6,10H2,1H3,(H,14,15). The molecule has 0 spiro atoms. The molecule has 0 aromatic carbocycles. The third-order valence-corrected chi connectivity index (χ3v) is 2.92. The predicted octanol–water partition coefficient (Wildman–Crippen LogP) is 2.86. The summed E-state index contributed by atoms with van der Waals surface area (Å²) >= 11 is 0. The molecule has 0 fully saturated rings. The molecule has 1 unspecified atom stereocenters. The Hall–Kier alpha value is -1.51. The van der Waals surface area contributed by atoms with E-state index >= 15 is 0 Å². The van der Waals surface area contributed by atoms with Gasteiger partial charge in [0.25, 0.3) is 0 Å². The van der Waals surface area contributed by atoms with E-state index in [0.29, 0.717) is 0 Å². The van der Waals surface area contributed by atoms with Crippen molar-refractivity contribution in [1.82, 2.24) is 4.98 Å². The van der Waals surface area contributed by atoms with Crippen molar-refractivity contribution in [3.63, 3.8) is 0 Å². The van der Waals surface area contributed by atoms with Crippen molar-refractivity contribution in [3.8, 4) is 5.75 Å². The number of rotatable bonds is 4. The predicted molar refractivity (Wildman–Crippen MR) is 65.8 cm³/mol. The van der Waals surface area contributed by atoms with E-state index in [9.17, 15) is 0 Å². The fourth-order valence-electron chi connectivity index (χ4n) is 1.93. The maximum atomic E-state index is 5.16. The smallest absolute Gasteiger partial charge is 0.129 e. The van der Waals surface area contributed by atoms with Crippen molar-refractivity contribution < 1.29 is 4.74 Å². The summed E-state index contributed by atoms with van der Waals surface area (Å²) < 4.78 is 5.16. The first kappa shape index (κ1) is 11.0. The average Bonchev–Trinajstić information content (AvgIpc) is 2.38. The summed E-state index contributed by atoms with van der Waals surface area (Å²) in [4.78, 5) is 4.26. The number of methoxy groups -OCH3 is 1. The molecule has 0 bridgehead atoms. The van der Waals surface area contributed by atoms with Crippen molar-refractivity contribution >= 4 is 5.82 Å². The van der Waals surface area contributed by atoms with Crippen molar-refractivity contribution in [1.29, 1.82) is 0 Å². The third-order valence-electron chi connectivity index (χ3n) is 2.92. The number of hydrogen-bond acceptors (Lipinski definition) is 3. The summed E-state index contributed by atoms with van der Waals surface area (Å²) in [5.41, 5.74) is 0. The number of ether oxygens (including phenoxy) is 1. The van der Waals surface area contributed by atoms with Gasteiger partial charge in [-0.2, -0.15) is 0 Å². The van der Waals surface area contributed by atoms with Gasteiger partial charge in [-0.3, -0.25) is 0 Å². The topological polar surface area (TPSA) is 34.1 Å². The van der Waals surface area contributed by atoms with E-state index in [1.54, 1.807) is 13.3 Å². The Labute approximate surface area is 96.5 Å². The van der Waals surface area contributed by atoms with Gasteiger partial charge in [-0.1, -0.05) is 12.2 Å². The molecule has 1 heterocycles. The number of allylic oxidation sites excluding steroid dienone is 2. The fourth-order valence-corrected chi connectivity index (χ4v) is 1.93. The van der Waals surface area contributed by atoms with Gasteiger partial charge in [-0.25, -0.2) is 4.98 Å². The maximum absolute atomic E-state index is 5.16. The van der Waals surface area contributed by atoms with Crippen LogP contribution in [-0.4, -0.2) is 18.6 Å². The Balaban J connectivity index is 1.86. The summed E-state index contributed by atoms with van der Waals surface area (Å²) in [5.74, 6) is 2.48. The molecule has 0 aliphatic heterocycles. The third kappa shape index (κ3) is 2.99. The molecule has 1 aliphatic rings. The van der Waals surface area contributed by atoms with Gasteiger partial charge in [-0.05, 0) is 31.2 Å². The highest BCUT2D eigenvalue weighted by molar-refractivity contribution is 5.40. The lowest BCUT2D eigenvalue weighted by molar-refractivity contribution is 0.414. The van der Waals surface area contributed by atoms with Crippen molar-refractivity contribution in [2.24, 2.45) is 5.92 Å². The average molecular weight is 218 g/mol. The Morgan fingerprint density at radius 1 is 1.50 bits per heavy atom. The van der Waals surface area contributed by atoms with E-state index in [4.69, 9.17) is 4.74 Å². The van der Waals surface area contributed by atoms with Crippen LogP contribution < -0.4 is 10.1 Å². The molecule has 1 aliphatic carbocycles. The number of nitrogens with one attached hydrogen (secondary N) is 1. The first-order valence-electron chi connectivity index (χ1n) is 5.77. The number of aromatic nitrogens is 1. The monoisotopic (exact) mass is 218 g/mol. The van der Waals surface area contributed by atoms with Crippen LogP contribution in [0.3, 0.4) is 0 Å². The molecule has 0 saturated heterocycles. The number of anilines is 1. The van der Waals surface area contributed by atoms with Gasteiger partial charge in [0.1, 0.15) is 11.6 Å². The molecule has 1 aromatic heterocycles. The molecule has 3 nitrogen and oxygen atoms in total. The summed E-state index contributed by atoms with van der Waals surface area (Å²) in [6, 6.07) is 3.78. The normalized spacial score (nSPS) is 19.4. The van der Waals surface area contributed by atoms with Crippen molar-refractivity contribution in [2.45, 2.75) is 19.3 Å². The zero-order valence-electron chi connectivity index (χ0n) is 9.65. The molecular weight excluding hydrogens is 200 g/mol. The summed E-state index contributed by atoms with van der Waals surface area (Å²) in [6.45, 7) is 0.991. The highest BCUT2D eigenvalue weighted by Crippen LogP contribution is 2.19. The van der Waals surface area contributed by atoms with Crippen molar-refractivity contribution in [3.05, 3.63) is 30.5 Å². The van der Waals surface area contributed by atoms with Crippen LogP contribution in [0.5, 0.6) is 5.75 Å². The van der Waals surface area contributed by atoms with E-state index in [1.807, 2.05) is 12.1 Å². The second-order valence-corrected chi connectivity index (χ2v) is 4.11. The summed E-state index contributed by atoms with van der Waals surface area (Å²) in [6.07, 6.45) is 9.96. The molecule has 0 saturated carbocycles. The van der Waals surface area contributed by atoms with Crippen LogP contribution in [0, 0.1) is 5.92 Å². The van der Waals surface area contributed by atoms with Crippen LogP contribution >= 0.6 is 0 Å². The number of nitrogens with zero attached hydrogens (tertiary/aromatic N) is 1. The lowest BCUT2D eigenvalue weighted by atomic mass is 9.94. The Morgan fingerprint density at radius 3 is 3.19 bits per heavy atom. The summed E-state index contributed by atoms with van der Waals surface area (Å²) in [5, 5.41) is 3.36. The Bertz CT molecular complexity index is 363. The zero-order chi connectivity index (χ0) is 11.2. The molecule has 1 atom stereocenters. The molecule has 1 N–H and O–H groups in total. The quantitative estimate of drug-likeness (QED) is 0.789. The van der Waals surface area contributed by atoms with Gasteiger partial charge in [0, 0.05) is 18.8 Å². The van der Waals surface area contributed by atoms with Gasteiger partial charge in [0.05, 0.1) is 7.11 Å². The van der Waals surface area contributed by atoms with Gasteiger partial charge in [-0.15, -0.1) is 0 Å². The molecule has 0 radical (unpaired) electrons. The zero-order valence-corrected chi connectivity index (χ0v) is 9.65. The molecule has 86 valence electrons. The summed E-state index contributed by atoms with van der Waals surface area (Å²) in [7, 11) is 1.67. The minimum Gasteiger partial charge on any atom is -0.497 e. The molecule has 16 heavy (non-hydrogen) atoms.